The van der Waals surface area contributed by atoms with Gasteiger partial charge in [0, 0.05) is 6.20 Å². The van der Waals surface area contributed by atoms with E-state index < -0.39 is 56.0 Å². The van der Waals surface area contributed by atoms with Crippen molar-refractivity contribution < 1.29 is 33.1 Å². The molecule has 0 amide bonds. The van der Waals surface area contributed by atoms with Gasteiger partial charge < -0.3 is 24.0 Å². The van der Waals surface area contributed by atoms with Crippen LogP contribution in [0, 0.1) is 0 Å². The number of aromatic amines is 1. The zero-order chi connectivity index (χ0) is 18.6. The maximum absolute atomic E-state index is 12.1. The minimum atomic E-state index is -4.70. The smallest absolute Gasteiger partial charge is 0.346 e. The Morgan fingerprint density at radius 2 is 2.00 bits per heavy atom. The van der Waals surface area contributed by atoms with Gasteiger partial charge in [0.2, 0.25) is 0 Å². The molecule has 2 aliphatic heterocycles. The van der Waals surface area contributed by atoms with E-state index in [1.165, 1.54) is 6.20 Å². The molecule has 0 aromatic carbocycles. The normalized spacial score (nSPS) is 31.2. The number of phosphoric acid groups is 1. The van der Waals surface area contributed by atoms with Crippen molar-refractivity contribution in [2.24, 2.45) is 0 Å². The highest BCUT2D eigenvalue weighted by molar-refractivity contribution is 9.10. The maximum Gasteiger partial charge on any atom is 0.469 e. The zero-order valence-electron chi connectivity index (χ0n) is 13.1. The predicted molar refractivity (Wildman–Crippen MR) is 84.8 cm³/mol. The van der Waals surface area contributed by atoms with E-state index in [4.69, 9.17) is 24.0 Å². The third-order valence-corrected chi connectivity index (χ3v) is 4.78. The summed E-state index contributed by atoms with van der Waals surface area (Å²) in [4.78, 5) is 43.5. The molecular weight excluding hydrogens is 427 g/mol. The lowest BCUT2D eigenvalue weighted by atomic mass is 10.1. The van der Waals surface area contributed by atoms with E-state index in [0.717, 1.165) is 4.57 Å². The van der Waals surface area contributed by atoms with Crippen LogP contribution in [0.2, 0.25) is 0 Å². The second-order valence-corrected chi connectivity index (χ2v) is 8.15. The summed E-state index contributed by atoms with van der Waals surface area (Å²) < 4.78 is 33.8. The molecule has 0 bridgehead atoms. The van der Waals surface area contributed by atoms with Crippen LogP contribution in [0.5, 0.6) is 0 Å². The lowest BCUT2D eigenvalue weighted by molar-refractivity contribution is -0.200. The minimum absolute atomic E-state index is 0.111. The topological polar surface area (TPSA) is 149 Å². The molecule has 0 aliphatic carbocycles. The first-order valence-corrected chi connectivity index (χ1v) is 9.51. The van der Waals surface area contributed by atoms with Gasteiger partial charge in [-0.2, -0.15) is 0 Å². The molecule has 25 heavy (non-hydrogen) atoms. The summed E-state index contributed by atoms with van der Waals surface area (Å²) in [7, 11) is -4.70. The number of rotatable bonds is 4. The summed E-state index contributed by atoms with van der Waals surface area (Å²) in [6.07, 6.45) is -2.07. The number of nitrogens with zero attached hydrogens (tertiary/aromatic N) is 1. The molecule has 0 spiro atoms. The highest BCUT2D eigenvalue weighted by Gasteiger charge is 2.56. The van der Waals surface area contributed by atoms with Gasteiger partial charge in [-0.05, 0) is 29.8 Å². The third kappa shape index (κ3) is 3.96. The fourth-order valence-corrected chi connectivity index (χ4v) is 3.50. The van der Waals surface area contributed by atoms with Crippen molar-refractivity contribution in [2.45, 2.75) is 44.2 Å². The summed E-state index contributed by atoms with van der Waals surface area (Å²) in [5, 5.41) is 0. The van der Waals surface area contributed by atoms with Crippen molar-refractivity contribution in [1.82, 2.24) is 9.55 Å². The van der Waals surface area contributed by atoms with Crippen molar-refractivity contribution in [1.29, 1.82) is 0 Å². The van der Waals surface area contributed by atoms with Crippen LogP contribution in [0.4, 0.5) is 0 Å². The van der Waals surface area contributed by atoms with Crippen molar-refractivity contribution in [3.63, 3.8) is 0 Å². The van der Waals surface area contributed by atoms with Gasteiger partial charge in [0.15, 0.2) is 12.0 Å². The Kier molecular flexibility index (Phi) is 4.84. The van der Waals surface area contributed by atoms with Crippen LogP contribution in [-0.2, 0) is 23.3 Å². The number of fused-ring (bicyclic) bond motifs is 1. The van der Waals surface area contributed by atoms with Gasteiger partial charge in [0.05, 0.1) is 11.1 Å². The first kappa shape index (κ1) is 18.9. The summed E-state index contributed by atoms with van der Waals surface area (Å²) >= 11 is 3.04. The third-order valence-electron chi connectivity index (χ3n) is 3.73. The minimum Gasteiger partial charge on any atom is -0.346 e. The molecule has 3 N–H and O–H groups in total. The van der Waals surface area contributed by atoms with Gasteiger partial charge in [-0.15, -0.1) is 0 Å². The van der Waals surface area contributed by atoms with Gasteiger partial charge in [0.25, 0.3) is 5.56 Å². The molecule has 0 unspecified atom stereocenters. The Hall–Kier alpha value is -0.850. The average molecular weight is 443 g/mol. The summed E-state index contributed by atoms with van der Waals surface area (Å²) in [6.45, 7) is 2.87. The Morgan fingerprint density at radius 1 is 1.36 bits per heavy atom. The standard InChI is InChI=1S/C12H16BrN2O9P/c1-12(2)23-7-6(4-21-25(18,19)20)22-10(8(7)24-12)15-3-5(13)9(16)14-11(15)17/h3,6-8,10H,4H2,1-2H3,(H,14,16,17)(H2,18,19,20)/t6-,7-,8-,10-/m1/s1. The summed E-state index contributed by atoms with van der Waals surface area (Å²) in [5.41, 5.74) is -1.32. The molecule has 4 atom stereocenters. The van der Waals surface area contributed by atoms with Crippen LogP contribution in [0.15, 0.2) is 20.3 Å². The van der Waals surface area contributed by atoms with E-state index >= 15 is 0 Å². The monoisotopic (exact) mass is 442 g/mol. The molecule has 1 aromatic rings. The Balaban J connectivity index is 1.92. The number of nitrogens with one attached hydrogen (secondary N) is 1. The Labute approximate surface area is 149 Å². The number of ether oxygens (including phenoxy) is 3. The molecule has 2 aliphatic rings. The number of aromatic nitrogens is 2. The second-order valence-electron chi connectivity index (χ2n) is 6.06. The average Bonchev–Trinajstić information content (AvgIpc) is 2.93. The van der Waals surface area contributed by atoms with Crippen LogP contribution < -0.4 is 11.2 Å². The van der Waals surface area contributed by atoms with Crippen molar-refractivity contribution >= 4 is 23.8 Å². The van der Waals surface area contributed by atoms with Crippen molar-refractivity contribution in [2.75, 3.05) is 6.61 Å². The van der Waals surface area contributed by atoms with Gasteiger partial charge in [-0.3, -0.25) is 18.9 Å². The molecule has 11 nitrogen and oxygen atoms in total. The number of hydrogen-bond acceptors (Lipinski definition) is 7. The van der Waals surface area contributed by atoms with Crippen LogP contribution in [-0.4, -0.2) is 50.0 Å². The molecule has 3 heterocycles. The molecule has 0 radical (unpaired) electrons. The summed E-state index contributed by atoms with van der Waals surface area (Å²) in [6, 6.07) is 0. The van der Waals surface area contributed by atoms with E-state index in [1.54, 1.807) is 13.8 Å². The Bertz CT molecular complexity index is 831. The number of hydrogen-bond donors (Lipinski definition) is 3. The number of H-pyrrole nitrogens is 1. The first-order chi connectivity index (χ1) is 11.5. The van der Waals surface area contributed by atoms with Gasteiger partial charge >= 0.3 is 13.5 Å². The van der Waals surface area contributed by atoms with Crippen LogP contribution in [0.3, 0.4) is 0 Å². The van der Waals surface area contributed by atoms with E-state index in [2.05, 4.69) is 25.4 Å². The molecule has 2 fully saturated rings. The second kappa shape index (κ2) is 6.39. The quantitative estimate of drug-likeness (QED) is 0.539. The molecule has 2 saturated heterocycles. The fourth-order valence-electron chi connectivity index (χ4n) is 2.84. The van der Waals surface area contributed by atoms with Crippen molar-refractivity contribution in [3.05, 3.63) is 31.5 Å². The predicted octanol–water partition coefficient (Wildman–Crippen LogP) is -0.174. The van der Waals surface area contributed by atoms with E-state index in [0.29, 0.717) is 0 Å². The molecule has 3 rings (SSSR count). The first-order valence-electron chi connectivity index (χ1n) is 7.19. The summed E-state index contributed by atoms with van der Waals surface area (Å²) in [5.74, 6) is -0.985. The molecule has 13 heteroatoms. The van der Waals surface area contributed by atoms with E-state index in [1.807, 2.05) is 0 Å². The highest BCUT2D eigenvalue weighted by Crippen LogP contribution is 2.44. The number of halogens is 1. The maximum atomic E-state index is 12.1. The van der Waals surface area contributed by atoms with Crippen LogP contribution in [0.25, 0.3) is 0 Å². The Morgan fingerprint density at radius 3 is 2.64 bits per heavy atom. The van der Waals surface area contributed by atoms with Crippen molar-refractivity contribution in [3.8, 4) is 0 Å². The van der Waals surface area contributed by atoms with E-state index in [-0.39, 0.29) is 4.47 Å². The largest absolute Gasteiger partial charge is 0.469 e. The molecule has 140 valence electrons. The van der Waals surface area contributed by atoms with Gasteiger partial charge in [-0.25, -0.2) is 9.36 Å². The van der Waals surface area contributed by atoms with Gasteiger partial charge in [-0.1, -0.05) is 0 Å². The molecule has 1 aromatic heterocycles. The van der Waals surface area contributed by atoms with Crippen LogP contribution >= 0.6 is 23.8 Å². The van der Waals surface area contributed by atoms with Gasteiger partial charge in [0.1, 0.15) is 18.3 Å². The zero-order valence-corrected chi connectivity index (χ0v) is 15.6. The lowest BCUT2D eigenvalue weighted by Gasteiger charge is -2.24. The fraction of sp³-hybridized carbons (Fsp3) is 0.667. The van der Waals surface area contributed by atoms with E-state index in [9.17, 15) is 14.2 Å². The highest BCUT2D eigenvalue weighted by atomic mass is 79.9. The number of phosphoric ester groups is 1. The van der Waals surface area contributed by atoms with Crippen LogP contribution in [0.1, 0.15) is 20.1 Å². The lowest BCUT2D eigenvalue weighted by Crippen LogP contribution is -2.37. The molecule has 0 saturated carbocycles. The molecular formula is C12H16BrN2O9P. The SMILES string of the molecule is CC1(C)O[C@@H]2[C@H](O1)[C@@H](COP(=O)(O)O)O[C@H]2n1cc(Br)c(=O)[nH]c1=O.